The lowest BCUT2D eigenvalue weighted by atomic mass is 10.1. The molecular weight excluding hydrogens is 252 g/mol. The first-order valence-corrected chi connectivity index (χ1v) is 6.10. The number of aryl methyl sites for hydroxylation is 2. The highest BCUT2D eigenvalue weighted by Crippen LogP contribution is 2.04. The Morgan fingerprint density at radius 2 is 2.28 bits per heavy atom. The van der Waals surface area contributed by atoms with Crippen LogP contribution in [0.5, 0.6) is 0 Å². The summed E-state index contributed by atoms with van der Waals surface area (Å²) in [5.74, 6) is -0.0975. The van der Waals surface area contributed by atoms with Gasteiger partial charge in [-0.1, -0.05) is 19.8 Å². The number of nitrogens with two attached hydrogens (primary N) is 1. The maximum Gasteiger partial charge on any atom is 0.269 e. The molecule has 1 unspecified atom stereocenters. The van der Waals surface area contributed by atoms with Crippen molar-refractivity contribution in [3.05, 3.63) is 17.5 Å². The summed E-state index contributed by atoms with van der Waals surface area (Å²) in [5.41, 5.74) is 7.07. The Morgan fingerprint density at radius 1 is 1.61 bits per heavy atom. The number of nitrogens with zero attached hydrogens (tertiary/aromatic N) is 2. The van der Waals surface area contributed by atoms with Crippen LogP contribution >= 0.6 is 12.4 Å². The normalized spacial score (nSPS) is 11.8. The van der Waals surface area contributed by atoms with Crippen molar-refractivity contribution >= 4 is 18.3 Å². The molecule has 1 atom stereocenters. The number of amides is 1. The number of unbranched alkanes of at least 4 members (excludes halogenated alkanes) is 1. The van der Waals surface area contributed by atoms with Crippen molar-refractivity contribution in [2.24, 2.45) is 12.8 Å². The van der Waals surface area contributed by atoms with Crippen LogP contribution < -0.4 is 11.1 Å². The highest BCUT2D eigenvalue weighted by Gasteiger charge is 2.15. The fourth-order valence-electron chi connectivity index (χ4n) is 1.78. The molecule has 0 aliphatic rings. The molecule has 0 fully saturated rings. The molecule has 5 nitrogen and oxygen atoms in total. The highest BCUT2D eigenvalue weighted by molar-refractivity contribution is 5.92. The van der Waals surface area contributed by atoms with Gasteiger partial charge in [-0.05, 0) is 19.4 Å². The minimum Gasteiger partial charge on any atom is -0.347 e. The van der Waals surface area contributed by atoms with Crippen LogP contribution in [0.2, 0.25) is 0 Å². The third-order valence-corrected chi connectivity index (χ3v) is 2.76. The molecule has 0 spiro atoms. The third kappa shape index (κ3) is 4.66. The fourth-order valence-corrected chi connectivity index (χ4v) is 1.78. The Labute approximate surface area is 115 Å². The Hall–Kier alpha value is -1.07. The van der Waals surface area contributed by atoms with Crippen molar-refractivity contribution in [2.45, 2.75) is 39.2 Å². The lowest BCUT2D eigenvalue weighted by Gasteiger charge is -2.16. The summed E-state index contributed by atoms with van der Waals surface area (Å²) in [6.07, 6.45) is 3.11. The minimum atomic E-state index is -0.0975. The second-order valence-corrected chi connectivity index (χ2v) is 4.34. The predicted molar refractivity (Wildman–Crippen MR) is 75.0 cm³/mol. The van der Waals surface area contributed by atoms with E-state index in [2.05, 4.69) is 17.3 Å². The Morgan fingerprint density at radius 3 is 2.72 bits per heavy atom. The third-order valence-electron chi connectivity index (χ3n) is 2.76. The summed E-state index contributed by atoms with van der Waals surface area (Å²) in [7, 11) is 1.77. The molecule has 1 aromatic heterocycles. The molecule has 0 radical (unpaired) electrons. The second kappa shape index (κ2) is 8.11. The van der Waals surface area contributed by atoms with Gasteiger partial charge >= 0.3 is 0 Å². The van der Waals surface area contributed by atoms with Gasteiger partial charge in [0.2, 0.25) is 0 Å². The van der Waals surface area contributed by atoms with Crippen LogP contribution in [0.3, 0.4) is 0 Å². The van der Waals surface area contributed by atoms with E-state index in [0.717, 1.165) is 25.0 Å². The number of nitrogens with one attached hydrogen (secondary N) is 1. The monoisotopic (exact) mass is 274 g/mol. The van der Waals surface area contributed by atoms with E-state index in [0.29, 0.717) is 12.2 Å². The van der Waals surface area contributed by atoms with Crippen molar-refractivity contribution in [1.82, 2.24) is 15.1 Å². The van der Waals surface area contributed by atoms with Crippen LogP contribution in [-0.2, 0) is 7.05 Å². The number of hydrogen-bond donors (Lipinski definition) is 2. The van der Waals surface area contributed by atoms with Crippen molar-refractivity contribution in [3.63, 3.8) is 0 Å². The lowest BCUT2D eigenvalue weighted by molar-refractivity contribution is 0.0926. The molecule has 0 aliphatic heterocycles. The standard InChI is InChI=1S/C12H22N4O.ClH/c1-4-5-6-10(8-13)14-12(17)11-7-9(2)15-16(11)3;/h7,10H,4-6,8,13H2,1-3H3,(H,14,17);1H. The van der Waals surface area contributed by atoms with Crippen LogP contribution in [0, 0.1) is 6.92 Å². The smallest absolute Gasteiger partial charge is 0.269 e. The highest BCUT2D eigenvalue weighted by atomic mass is 35.5. The van der Waals surface area contributed by atoms with E-state index in [1.54, 1.807) is 17.8 Å². The molecule has 3 N–H and O–H groups in total. The van der Waals surface area contributed by atoms with Gasteiger partial charge in [0.1, 0.15) is 5.69 Å². The number of halogens is 1. The molecule has 1 heterocycles. The Balaban J connectivity index is 0.00000289. The summed E-state index contributed by atoms with van der Waals surface area (Å²) in [6, 6.07) is 1.83. The zero-order valence-electron chi connectivity index (χ0n) is 11.3. The van der Waals surface area contributed by atoms with E-state index in [4.69, 9.17) is 5.73 Å². The van der Waals surface area contributed by atoms with E-state index in [9.17, 15) is 4.79 Å². The molecule has 0 saturated carbocycles. The van der Waals surface area contributed by atoms with Crippen LogP contribution in [0.4, 0.5) is 0 Å². The second-order valence-electron chi connectivity index (χ2n) is 4.34. The van der Waals surface area contributed by atoms with E-state index in [-0.39, 0.29) is 24.4 Å². The zero-order valence-corrected chi connectivity index (χ0v) is 12.1. The number of rotatable bonds is 6. The summed E-state index contributed by atoms with van der Waals surface area (Å²) in [5, 5.41) is 7.10. The fraction of sp³-hybridized carbons (Fsp3) is 0.667. The van der Waals surface area contributed by atoms with Crippen molar-refractivity contribution in [3.8, 4) is 0 Å². The van der Waals surface area contributed by atoms with E-state index in [1.807, 2.05) is 6.92 Å². The van der Waals surface area contributed by atoms with Crippen LogP contribution in [-0.4, -0.2) is 28.3 Å². The maximum atomic E-state index is 12.0. The first-order chi connectivity index (χ1) is 8.08. The van der Waals surface area contributed by atoms with Gasteiger partial charge in [-0.3, -0.25) is 9.48 Å². The molecule has 1 rings (SSSR count). The predicted octanol–water partition coefficient (Wildman–Crippen LogP) is 1.40. The largest absolute Gasteiger partial charge is 0.347 e. The molecule has 0 aromatic carbocycles. The van der Waals surface area contributed by atoms with Gasteiger partial charge in [-0.15, -0.1) is 12.4 Å². The number of aromatic nitrogens is 2. The number of hydrogen-bond acceptors (Lipinski definition) is 3. The molecule has 1 amide bonds. The molecule has 1 aromatic rings. The van der Waals surface area contributed by atoms with Gasteiger partial charge < -0.3 is 11.1 Å². The summed E-state index contributed by atoms with van der Waals surface area (Å²) in [6.45, 7) is 4.47. The van der Waals surface area contributed by atoms with Gasteiger partial charge in [0.25, 0.3) is 5.91 Å². The first kappa shape index (κ1) is 16.9. The Kier molecular flexibility index (Phi) is 7.62. The zero-order chi connectivity index (χ0) is 12.8. The van der Waals surface area contributed by atoms with Crippen molar-refractivity contribution in [1.29, 1.82) is 0 Å². The topological polar surface area (TPSA) is 72.9 Å². The first-order valence-electron chi connectivity index (χ1n) is 6.10. The van der Waals surface area contributed by atoms with Gasteiger partial charge in [0.05, 0.1) is 5.69 Å². The van der Waals surface area contributed by atoms with Crippen LogP contribution in [0.25, 0.3) is 0 Å². The Bertz CT molecular complexity index is 378. The van der Waals surface area contributed by atoms with Crippen LogP contribution in [0.1, 0.15) is 42.4 Å². The molecule has 6 heteroatoms. The number of carbonyl (C=O) groups excluding carboxylic acids is 1. The quantitative estimate of drug-likeness (QED) is 0.824. The minimum absolute atomic E-state index is 0. The maximum absolute atomic E-state index is 12.0. The molecule has 0 saturated heterocycles. The molecule has 0 bridgehead atoms. The summed E-state index contributed by atoms with van der Waals surface area (Å²) < 4.78 is 1.60. The van der Waals surface area contributed by atoms with E-state index >= 15 is 0 Å². The van der Waals surface area contributed by atoms with Gasteiger partial charge in [0, 0.05) is 19.6 Å². The van der Waals surface area contributed by atoms with Gasteiger partial charge in [-0.2, -0.15) is 5.10 Å². The average Bonchev–Trinajstić information content (AvgIpc) is 2.63. The summed E-state index contributed by atoms with van der Waals surface area (Å²) in [4.78, 5) is 12.0. The van der Waals surface area contributed by atoms with Crippen LogP contribution in [0.15, 0.2) is 6.07 Å². The van der Waals surface area contributed by atoms with Crippen molar-refractivity contribution < 1.29 is 4.79 Å². The van der Waals surface area contributed by atoms with E-state index in [1.165, 1.54) is 0 Å². The SMILES string of the molecule is CCCCC(CN)NC(=O)c1cc(C)nn1C.Cl. The molecular formula is C12H23ClN4O. The van der Waals surface area contributed by atoms with Gasteiger partial charge in [0.15, 0.2) is 0 Å². The van der Waals surface area contributed by atoms with Gasteiger partial charge in [-0.25, -0.2) is 0 Å². The van der Waals surface area contributed by atoms with E-state index < -0.39 is 0 Å². The average molecular weight is 275 g/mol. The molecule has 104 valence electrons. The number of carbonyl (C=O) groups is 1. The summed E-state index contributed by atoms with van der Waals surface area (Å²) >= 11 is 0. The lowest BCUT2D eigenvalue weighted by Crippen LogP contribution is -2.40. The van der Waals surface area contributed by atoms with Crippen molar-refractivity contribution in [2.75, 3.05) is 6.54 Å². The molecule has 18 heavy (non-hydrogen) atoms. The molecule has 0 aliphatic carbocycles.